The normalized spacial score (nSPS) is 30.4. The van der Waals surface area contributed by atoms with Gasteiger partial charge in [0.15, 0.2) is 0 Å². The maximum atomic E-state index is 11.9. The fourth-order valence-corrected chi connectivity index (χ4v) is 2.32. The van der Waals surface area contributed by atoms with Crippen LogP contribution in [0.5, 0.6) is 0 Å². The second kappa shape index (κ2) is 3.73. The fraction of sp³-hybridized carbons (Fsp3) is 0.545. The number of carboxylic acids is 1. The molecule has 1 aliphatic carbocycles. The molecule has 16 heavy (non-hydrogen) atoms. The van der Waals surface area contributed by atoms with Crippen LogP contribution in [0.25, 0.3) is 0 Å². The van der Waals surface area contributed by atoms with Gasteiger partial charge in [-0.25, -0.2) is 4.79 Å². The van der Waals surface area contributed by atoms with Gasteiger partial charge in [0.2, 0.25) is 11.8 Å². The highest BCUT2D eigenvalue weighted by Crippen LogP contribution is 2.35. The minimum atomic E-state index is -1.15. The number of nitrogens with zero attached hydrogens (tertiary/aromatic N) is 1. The van der Waals surface area contributed by atoms with E-state index in [0.29, 0.717) is 12.8 Å². The van der Waals surface area contributed by atoms with E-state index >= 15 is 0 Å². The number of carbonyl (C=O) groups is 3. The molecule has 2 rings (SSSR count). The first kappa shape index (κ1) is 10.9. The Morgan fingerprint density at radius 2 is 1.75 bits per heavy atom. The van der Waals surface area contributed by atoms with E-state index in [-0.39, 0.29) is 23.7 Å². The molecule has 0 aromatic rings. The Bertz CT molecular complexity index is 361. The molecule has 86 valence electrons. The molecule has 0 spiro atoms. The topological polar surface area (TPSA) is 74.7 Å². The third-order valence-electron chi connectivity index (χ3n) is 3.29. The zero-order chi connectivity index (χ0) is 11.9. The van der Waals surface area contributed by atoms with Crippen LogP contribution in [0, 0.1) is 11.8 Å². The van der Waals surface area contributed by atoms with Crippen LogP contribution in [0.2, 0.25) is 0 Å². The molecule has 0 saturated carbocycles. The van der Waals surface area contributed by atoms with Crippen molar-refractivity contribution in [3.8, 4) is 0 Å². The highest BCUT2D eigenvalue weighted by Gasteiger charge is 2.50. The number of imide groups is 1. The largest absolute Gasteiger partial charge is 0.480 e. The molecule has 0 unspecified atom stereocenters. The van der Waals surface area contributed by atoms with Crippen LogP contribution in [0.3, 0.4) is 0 Å². The molecule has 0 bridgehead atoms. The Labute approximate surface area is 92.7 Å². The molecule has 0 aromatic heterocycles. The summed E-state index contributed by atoms with van der Waals surface area (Å²) in [4.78, 5) is 35.5. The molecule has 2 aliphatic rings. The van der Waals surface area contributed by atoms with E-state index in [0.717, 1.165) is 4.90 Å². The van der Waals surface area contributed by atoms with Crippen molar-refractivity contribution in [2.45, 2.75) is 25.8 Å². The molecule has 2 amide bonds. The van der Waals surface area contributed by atoms with Crippen LogP contribution < -0.4 is 0 Å². The summed E-state index contributed by atoms with van der Waals surface area (Å²) in [7, 11) is 0. The summed E-state index contributed by atoms with van der Waals surface area (Å²) in [5.41, 5.74) is 0. The molecule has 1 saturated heterocycles. The number of rotatable bonds is 2. The third kappa shape index (κ3) is 1.43. The molecule has 5 heteroatoms. The number of fused-ring (bicyclic) bond motifs is 1. The number of aliphatic carboxylic acids is 1. The van der Waals surface area contributed by atoms with E-state index in [9.17, 15) is 14.4 Å². The molecule has 0 aromatic carbocycles. The quantitative estimate of drug-likeness (QED) is 0.543. The molecule has 1 fully saturated rings. The van der Waals surface area contributed by atoms with Crippen LogP contribution in [0.4, 0.5) is 0 Å². The molecular weight excluding hydrogens is 210 g/mol. The van der Waals surface area contributed by atoms with Gasteiger partial charge < -0.3 is 5.11 Å². The Balaban J connectivity index is 2.27. The Morgan fingerprint density at radius 1 is 1.31 bits per heavy atom. The van der Waals surface area contributed by atoms with Crippen molar-refractivity contribution in [3.63, 3.8) is 0 Å². The molecule has 3 atom stereocenters. The van der Waals surface area contributed by atoms with E-state index in [2.05, 4.69) is 0 Å². The van der Waals surface area contributed by atoms with Gasteiger partial charge in [0.05, 0.1) is 11.8 Å². The summed E-state index contributed by atoms with van der Waals surface area (Å²) < 4.78 is 0. The monoisotopic (exact) mass is 223 g/mol. The highest BCUT2D eigenvalue weighted by atomic mass is 16.4. The summed E-state index contributed by atoms with van der Waals surface area (Å²) >= 11 is 0. The van der Waals surface area contributed by atoms with E-state index in [1.807, 2.05) is 12.2 Å². The van der Waals surface area contributed by atoms with Gasteiger partial charge in [0.25, 0.3) is 0 Å². The predicted octanol–water partition coefficient (Wildman–Crippen LogP) is 0.411. The van der Waals surface area contributed by atoms with Gasteiger partial charge in [-0.1, -0.05) is 12.2 Å². The lowest BCUT2D eigenvalue weighted by atomic mass is 9.85. The number of amides is 2. The number of carboxylic acid groups (broad SMARTS) is 1. The van der Waals surface area contributed by atoms with E-state index in [1.165, 1.54) is 6.92 Å². The van der Waals surface area contributed by atoms with Gasteiger partial charge in [-0.15, -0.1) is 0 Å². The maximum absolute atomic E-state index is 11.9. The second-order valence-electron chi connectivity index (χ2n) is 4.22. The molecule has 1 N–H and O–H groups in total. The third-order valence-corrected chi connectivity index (χ3v) is 3.29. The van der Waals surface area contributed by atoms with Crippen LogP contribution in [0.15, 0.2) is 12.2 Å². The van der Waals surface area contributed by atoms with Crippen molar-refractivity contribution in [2.24, 2.45) is 11.8 Å². The highest BCUT2D eigenvalue weighted by molar-refractivity contribution is 6.07. The van der Waals surface area contributed by atoms with Crippen molar-refractivity contribution in [1.82, 2.24) is 4.90 Å². The molecular formula is C11H13NO4. The number of likely N-dealkylation sites (tertiary alicyclic amines) is 1. The van der Waals surface area contributed by atoms with Gasteiger partial charge in [-0.2, -0.15) is 0 Å². The minimum Gasteiger partial charge on any atom is -0.480 e. The first-order valence-corrected chi connectivity index (χ1v) is 5.28. The Morgan fingerprint density at radius 3 is 2.12 bits per heavy atom. The van der Waals surface area contributed by atoms with Crippen molar-refractivity contribution in [2.75, 3.05) is 0 Å². The van der Waals surface area contributed by atoms with Crippen molar-refractivity contribution >= 4 is 17.8 Å². The van der Waals surface area contributed by atoms with Gasteiger partial charge in [-0.3, -0.25) is 14.5 Å². The SMILES string of the molecule is C[C@@H](C(=O)O)N1C(=O)[C@H]2CC=CC[C@H]2C1=O. The lowest BCUT2D eigenvalue weighted by Gasteiger charge is -2.18. The zero-order valence-corrected chi connectivity index (χ0v) is 8.92. The average Bonchev–Trinajstić information content (AvgIpc) is 2.52. The van der Waals surface area contributed by atoms with Crippen molar-refractivity contribution in [1.29, 1.82) is 0 Å². The molecule has 0 radical (unpaired) electrons. The van der Waals surface area contributed by atoms with Crippen molar-refractivity contribution < 1.29 is 19.5 Å². The standard InChI is InChI=1S/C11H13NO4/c1-6(11(15)16)12-9(13)7-4-2-3-5-8(7)10(12)14/h2-3,6-8H,4-5H2,1H3,(H,15,16)/t6-,7-,8+/m0/s1. The molecule has 1 heterocycles. The maximum Gasteiger partial charge on any atom is 0.326 e. The van der Waals surface area contributed by atoms with Crippen LogP contribution in [0.1, 0.15) is 19.8 Å². The van der Waals surface area contributed by atoms with Gasteiger partial charge >= 0.3 is 5.97 Å². The smallest absolute Gasteiger partial charge is 0.326 e. The summed E-state index contributed by atoms with van der Waals surface area (Å²) in [6.45, 7) is 1.36. The van der Waals surface area contributed by atoms with E-state index in [4.69, 9.17) is 5.11 Å². The number of hydrogen-bond donors (Lipinski definition) is 1. The number of allylic oxidation sites excluding steroid dienone is 2. The first-order chi connectivity index (χ1) is 7.54. The van der Waals surface area contributed by atoms with E-state index in [1.54, 1.807) is 0 Å². The Kier molecular flexibility index (Phi) is 2.53. The Hall–Kier alpha value is -1.65. The van der Waals surface area contributed by atoms with Gasteiger partial charge in [-0.05, 0) is 19.8 Å². The lowest BCUT2D eigenvalue weighted by molar-refractivity contribution is -0.154. The zero-order valence-electron chi connectivity index (χ0n) is 8.92. The van der Waals surface area contributed by atoms with Gasteiger partial charge in [0, 0.05) is 0 Å². The fourth-order valence-electron chi connectivity index (χ4n) is 2.32. The van der Waals surface area contributed by atoms with Crippen LogP contribution in [-0.2, 0) is 14.4 Å². The van der Waals surface area contributed by atoms with Crippen LogP contribution >= 0.6 is 0 Å². The average molecular weight is 223 g/mol. The lowest BCUT2D eigenvalue weighted by Crippen LogP contribution is -2.43. The second-order valence-corrected chi connectivity index (χ2v) is 4.22. The van der Waals surface area contributed by atoms with E-state index < -0.39 is 12.0 Å². The van der Waals surface area contributed by atoms with Crippen LogP contribution in [-0.4, -0.2) is 33.8 Å². The number of hydrogen-bond acceptors (Lipinski definition) is 3. The summed E-state index contributed by atoms with van der Waals surface area (Å²) in [5, 5.41) is 8.85. The summed E-state index contributed by atoms with van der Waals surface area (Å²) in [5.74, 6) is -2.52. The van der Waals surface area contributed by atoms with Crippen molar-refractivity contribution in [3.05, 3.63) is 12.2 Å². The predicted molar refractivity (Wildman–Crippen MR) is 54.3 cm³/mol. The minimum absolute atomic E-state index is 0.339. The molecule has 5 nitrogen and oxygen atoms in total. The first-order valence-electron chi connectivity index (χ1n) is 5.28. The summed E-state index contributed by atoms with van der Waals surface area (Å²) in [6, 6.07) is -1.06. The number of carbonyl (C=O) groups excluding carboxylic acids is 2. The molecule has 1 aliphatic heterocycles. The summed E-state index contributed by atoms with van der Waals surface area (Å²) in [6.07, 6.45) is 4.83. The van der Waals surface area contributed by atoms with Gasteiger partial charge in [0.1, 0.15) is 6.04 Å².